The Morgan fingerprint density at radius 2 is 2.18 bits per heavy atom. The number of carbonyl (C=O) groups excluding carboxylic acids is 1. The molecule has 0 aliphatic carbocycles. The molecule has 96 valence electrons. The molecule has 0 fully saturated rings. The smallest absolute Gasteiger partial charge is 0.340 e. The van der Waals surface area contributed by atoms with Crippen molar-refractivity contribution in [2.24, 2.45) is 0 Å². The fourth-order valence-corrected chi connectivity index (χ4v) is 1.89. The van der Waals surface area contributed by atoms with Crippen LogP contribution in [-0.2, 0) is 11.3 Å². The summed E-state index contributed by atoms with van der Waals surface area (Å²) in [6.45, 7) is 8.59. The van der Waals surface area contributed by atoms with Crippen LogP contribution in [-0.4, -0.2) is 23.6 Å². The lowest BCUT2D eigenvalue weighted by Crippen LogP contribution is -2.23. The molecule has 0 atom stereocenters. The van der Waals surface area contributed by atoms with Gasteiger partial charge < -0.3 is 15.0 Å². The zero-order chi connectivity index (χ0) is 13.0. The van der Waals surface area contributed by atoms with E-state index in [0.717, 1.165) is 11.3 Å². The number of ether oxygens (including phenoxy) is 1. The number of esters is 1. The van der Waals surface area contributed by atoms with Gasteiger partial charge in [0.15, 0.2) is 0 Å². The second-order valence-electron chi connectivity index (χ2n) is 4.17. The van der Waals surface area contributed by atoms with Crippen molar-refractivity contribution in [3.8, 4) is 0 Å². The van der Waals surface area contributed by atoms with Crippen molar-refractivity contribution in [2.45, 2.75) is 40.3 Å². The number of nitrogens with one attached hydrogen (secondary N) is 2. The molecule has 17 heavy (non-hydrogen) atoms. The lowest BCUT2D eigenvalue weighted by atomic mass is 10.1. The molecular formula is C12H19ClN2O2. The SMILES string of the molecule is CCOC(=O)c1c(C)[nH]c(Cl)c1CNC(C)C. The molecule has 1 aromatic heterocycles. The normalized spacial score (nSPS) is 10.9. The van der Waals surface area contributed by atoms with Gasteiger partial charge in [0.25, 0.3) is 0 Å². The maximum Gasteiger partial charge on any atom is 0.340 e. The third-order valence-corrected chi connectivity index (χ3v) is 2.73. The topological polar surface area (TPSA) is 54.1 Å². The number of hydrogen-bond donors (Lipinski definition) is 2. The number of aromatic nitrogens is 1. The summed E-state index contributed by atoms with van der Waals surface area (Å²) in [5.41, 5.74) is 2.07. The first kappa shape index (κ1) is 14.1. The van der Waals surface area contributed by atoms with Gasteiger partial charge in [-0.2, -0.15) is 0 Å². The van der Waals surface area contributed by atoms with Crippen molar-refractivity contribution in [2.75, 3.05) is 6.61 Å². The second kappa shape index (κ2) is 6.07. The quantitative estimate of drug-likeness (QED) is 0.799. The molecule has 2 N–H and O–H groups in total. The van der Waals surface area contributed by atoms with Crippen LogP contribution in [0.25, 0.3) is 0 Å². The standard InChI is InChI=1S/C12H19ClN2O2/c1-5-17-12(16)10-8(4)15-11(13)9(10)6-14-7(2)3/h7,14-15H,5-6H2,1-4H3. The molecule has 0 unspecified atom stereocenters. The highest BCUT2D eigenvalue weighted by Gasteiger charge is 2.21. The van der Waals surface area contributed by atoms with Crippen LogP contribution >= 0.6 is 11.6 Å². The van der Waals surface area contributed by atoms with Crippen molar-refractivity contribution in [3.05, 3.63) is 22.0 Å². The highest BCUT2D eigenvalue weighted by Crippen LogP contribution is 2.24. The van der Waals surface area contributed by atoms with E-state index in [2.05, 4.69) is 10.3 Å². The van der Waals surface area contributed by atoms with Gasteiger partial charge in [-0.25, -0.2) is 4.79 Å². The Morgan fingerprint density at radius 3 is 2.71 bits per heavy atom. The number of carbonyl (C=O) groups is 1. The number of H-pyrrole nitrogens is 1. The van der Waals surface area contributed by atoms with E-state index in [0.29, 0.717) is 29.9 Å². The summed E-state index contributed by atoms with van der Waals surface area (Å²) < 4.78 is 5.02. The van der Waals surface area contributed by atoms with Crippen molar-refractivity contribution in [1.29, 1.82) is 0 Å². The minimum Gasteiger partial charge on any atom is -0.462 e. The highest BCUT2D eigenvalue weighted by atomic mass is 35.5. The molecule has 0 aromatic carbocycles. The predicted octanol–water partition coefficient (Wildman–Crippen LogP) is 2.65. The average molecular weight is 259 g/mol. The lowest BCUT2D eigenvalue weighted by Gasteiger charge is -2.09. The van der Waals surface area contributed by atoms with E-state index in [9.17, 15) is 4.79 Å². The third kappa shape index (κ3) is 3.48. The zero-order valence-corrected chi connectivity index (χ0v) is 11.4. The molecule has 0 aliphatic heterocycles. The van der Waals surface area contributed by atoms with E-state index >= 15 is 0 Å². The van der Waals surface area contributed by atoms with Crippen molar-refractivity contribution >= 4 is 17.6 Å². The van der Waals surface area contributed by atoms with E-state index in [-0.39, 0.29) is 5.97 Å². The maximum absolute atomic E-state index is 11.8. The summed E-state index contributed by atoms with van der Waals surface area (Å²) >= 11 is 6.07. The Morgan fingerprint density at radius 1 is 1.53 bits per heavy atom. The first-order chi connectivity index (χ1) is 7.97. The van der Waals surface area contributed by atoms with Crippen LogP contribution in [0.5, 0.6) is 0 Å². The first-order valence-corrected chi connectivity index (χ1v) is 6.12. The minimum atomic E-state index is -0.325. The van der Waals surface area contributed by atoms with Crippen LogP contribution in [0, 0.1) is 6.92 Å². The largest absolute Gasteiger partial charge is 0.462 e. The molecule has 0 spiro atoms. The fourth-order valence-electron chi connectivity index (χ4n) is 1.59. The van der Waals surface area contributed by atoms with Gasteiger partial charge >= 0.3 is 5.97 Å². The van der Waals surface area contributed by atoms with Crippen LogP contribution < -0.4 is 5.32 Å². The molecule has 0 bridgehead atoms. The Labute approximate surface area is 107 Å². The van der Waals surface area contributed by atoms with E-state index in [1.165, 1.54) is 0 Å². The monoisotopic (exact) mass is 258 g/mol. The molecule has 1 aromatic rings. The molecule has 1 heterocycles. The summed E-state index contributed by atoms with van der Waals surface area (Å²) in [5, 5.41) is 3.74. The van der Waals surface area contributed by atoms with Crippen LogP contribution in [0.15, 0.2) is 0 Å². The predicted molar refractivity (Wildman–Crippen MR) is 68.5 cm³/mol. The number of halogens is 1. The van der Waals surface area contributed by atoms with E-state index < -0.39 is 0 Å². The minimum absolute atomic E-state index is 0.325. The van der Waals surface area contributed by atoms with Crippen LogP contribution in [0.3, 0.4) is 0 Å². The van der Waals surface area contributed by atoms with Crippen molar-refractivity contribution in [3.63, 3.8) is 0 Å². The number of hydrogen-bond acceptors (Lipinski definition) is 3. The molecule has 0 aliphatic rings. The maximum atomic E-state index is 11.8. The Bertz CT molecular complexity index is 399. The van der Waals surface area contributed by atoms with E-state index in [4.69, 9.17) is 16.3 Å². The van der Waals surface area contributed by atoms with Gasteiger partial charge in [-0.1, -0.05) is 25.4 Å². The van der Waals surface area contributed by atoms with Gasteiger partial charge in [0.05, 0.1) is 12.2 Å². The van der Waals surface area contributed by atoms with Crippen LogP contribution in [0.2, 0.25) is 5.15 Å². The summed E-state index contributed by atoms with van der Waals surface area (Å²) in [6.07, 6.45) is 0. The third-order valence-electron chi connectivity index (χ3n) is 2.41. The molecule has 1 rings (SSSR count). The van der Waals surface area contributed by atoms with Gasteiger partial charge in [-0.3, -0.25) is 0 Å². The molecular weight excluding hydrogens is 240 g/mol. The summed E-state index contributed by atoms with van der Waals surface area (Å²) in [6, 6.07) is 0.330. The summed E-state index contributed by atoms with van der Waals surface area (Å²) in [7, 11) is 0. The van der Waals surface area contributed by atoms with Gasteiger partial charge in [-0.05, 0) is 13.8 Å². The second-order valence-corrected chi connectivity index (χ2v) is 4.55. The van der Waals surface area contributed by atoms with Gasteiger partial charge in [-0.15, -0.1) is 0 Å². The lowest BCUT2D eigenvalue weighted by molar-refractivity contribution is 0.0524. The highest BCUT2D eigenvalue weighted by molar-refractivity contribution is 6.31. The van der Waals surface area contributed by atoms with E-state index in [1.54, 1.807) is 6.92 Å². The zero-order valence-electron chi connectivity index (χ0n) is 10.7. The van der Waals surface area contributed by atoms with Crippen LogP contribution in [0.4, 0.5) is 0 Å². The molecule has 5 heteroatoms. The van der Waals surface area contributed by atoms with Crippen LogP contribution in [0.1, 0.15) is 42.4 Å². The number of aromatic amines is 1. The molecule has 0 saturated carbocycles. The number of rotatable bonds is 5. The van der Waals surface area contributed by atoms with Gasteiger partial charge in [0, 0.05) is 23.8 Å². The average Bonchev–Trinajstić information content (AvgIpc) is 2.50. The van der Waals surface area contributed by atoms with E-state index in [1.807, 2.05) is 20.8 Å². The molecule has 0 saturated heterocycles. The fraction of sp³-hybridized carbons (Fsp3) is 0.583. The van der Waals surface area contributed by atoms with Crippen molar-refractivity contribution in [1.82, 2.24) is 10.3 Å². The number of aryl methyl sites for hydroxylation is 1. The molecule has 0 radical (unpaired) electrons. The Balaban J connectivity index is 2.97. The summed E-state index contributed by atoms with van der Waals surface area (Å²) in [4.78, 5) is 14.8. The van der Waals surface area contributed by atoms with Crippen molar-refractivity contribution < 1.29 is 9.53 Å². The molecule has 0 amide bonds. The Hall–Kier alpha value is -1.00. The summed E-state index contributed by atoms with van der Waals surface area (Å²) in [5.74, 6) is -0.325. The van der Waals surface area contributed by atoms with Gasteiger partial charge in [0.2, 0.25) is 0 Å². The Kier molecular flexibility index (Phi) is 5.02. The molecule has 4 nitrogen and oxygen atoms in total. The first-order valence-electron chi connectivity index (χ1n) is 5.74. The van der Waals surface area contributed by atoms with Gasteiger partial charge in [0.1, 0.15) is 5.15 Å².